The van der Waals surface area contributed by atoms with Gasteiger partial charge in [-0.3, -0.25) is 4.79 Å². The molecule has 1 aliphatic carbocycles. The lowest BCUT2D eigenvalue weighted by Crippen LogP contribution is -2.20. The van der Waals surface area contributed by atoms with Crippen LogP contribution in [0.5, 0.6) is 0 Å². The molecule has 1 fully saturated rings. The summed E-state index contributed by atoms with van der Waals surface area (Å²) in [5.74, 6) is -0.240. The molecular weight excluding hydrogens is 407 g/mol. The molecule has 1 amide bonds. The van der Waals surface area contributed by atoms with Crippen LogP contribution in [0.1, 0.15) is 40.0 Å². The van der Waals surface area contributed by atoms with E-state index in [1.54, 1.807) is 30.3 Å². The highest BCUT2D eigenvalue weighted by Gasteiger charge is 2.40. The van der Waals surface area contributed by atoms with E-state index in [0.717, 1.165) is 22.0 Å². The van der Waals surface area contributed by atoms with Crippen molar-refractivity contribution in [2.75, 3.05) is 11.9 Å². The van der Waals surface area contributed by atoms with Gasteiger partial charge < -0.3 is 10.1 Å². The largest absolute Gasteiger partial charge is 0.434 e. The Labute approximate surface area is 177 Å². The summed E-state index contributed by atoms with van der Waals surface area (Å²) in [6, 6.07) is 13.3. The first-order chi connectivity index (χ1) is 14.8. The maximum atomic E-state index is 13.8. The number of halogens is 3. The predicted octanol–water partition coefficient (Wildman–Crippen LogP) is 5.38. The quantitative estimate of drug-likeness (QED) is 0.549. The van der Waals surface area contributed by atoms with Crippen LogP contribution in [-0.2, 0) is 17.5 Å². The summed E-state index contributed by atoms with van der Waals surface area (Å²) < 4.78 is 47.9. The molecule has 0 saturated heterocycles. The summed E-state index contributed by atoms with van der Waals surface area (Å²) in [5.41, 5.74) is 0.718. The number of ether oxygens (including phenoxy) is 1. The van der Waals surface area contributed by atoms with Crippen LogP contribution in [0.3, 0.4) is 0 Å². The lowest BCUT2D eigenvalue weighted by atomic mass is 10.1. The van der Waals surface area contributed by atoms with Crippen LogP contribution in [0.15, 0.2) is 54.7 Å². The van der Waals surface area contributed by atoms with Gasteiger partial charge in [-0.1, -0.05) is 29.8 Å². The van der Waals surface area contributed by atoms with E-state index in [0.29, 0.717) is 24.8 Å². The maximum Gasteiger partial charge on any atom is 0.434 e. The van der Waals surface area contributed by atoms with E-state index in [2.05, 4.69) is 10.4 Å². The number of carbonyl (C=O) groups is 1. The highest BCUT2D eigenvalue weighted by molar-refractivity contribution is 6.05. The number of hydrogen-bond donors (Lipinski definition) is 1. The number of nitrogens with one attached hydrogen (secondary N) is 1. The summed E-state index contributed by atoms with van der Waals surface area (Å²) in [7, 11) is 0. The Balaban J connectivity index is 1.55. The van der Waals surface area contributed by atoms with Crippen molar-refractivity contribution in [2.45, 2.75) is 32.5 Å². The predicted molar refractivity (Wildman–Crippen MR) is 110 cm³/mol. The van der Waals surface area contributed by atoms with E-state index in [-0.39, 0.29) is 5.69 Å². The zero-order valence-corrected chi connectivity index (χ0v) is 16.9. The Morgan fingerprint density at radius 3 is 2.61 bits per heavy atom. The van der Waals surface area contributed by atoms with E-state index < -0.39 is 23.3 Å². The molecule has 162 valence electrons. The fraction of sp³-hybridized carbons (Fsp3) is 0.304. The number of alkyl halides is 3. The molecule has 0 radical (unpaired) electrons. The molecule has 1 N–H and O–H groups in total. The number of hydrogen-bond acceptors (Lipinski definition) is 3. The Morgan fingerprint density at radius 2 is 1.94 bits per heavy atom. The third kappa shape index (κ3) is 5.14. The van der Waals surface area contributed by atoms with Crippen LogP contribution in [0, 0.1) is 12.8 Å². The Morgan fingerprint density at radius 1 is 1.19 bits per heavy atom. The molecule has 1 saturated carbocycles. The third-order valence-electron chi connectivity index (χ3n) is 5.06. The van der Waals surface area contributed by atoms with Gasteiger partial charge >= 0.3 is 6.18 Å². The fourth-order valence-corrected chi connectivity index (χ4v) is 3.23. The van der Waals surface area contributed by atoms with Gasteiger partial charge in [0.25, 0.3) is 5.91 Å². The van der Waals surface area contributed by atoms with Crippen molar-refractivity contribution >= 4 is 11.6 Å². The molecule has 2 aromatic carbocycles. The molecule has 4 rings (SSSR count). The number of anilines is 1. The van der Waals surface area contributed by atoms with Crippen molar-refractivity contribution in [1.29, 1.82) is 0 Å². The maximum absolute atomic E-state index is 13.8. The summed E-state index contributed by atoms with van der Waals surface area (Å²) in [5, 5.41) is 6.39. The summed E-state index contributed by atoms with van der Waals surface area (Å²) in [6.45, 7) is 2.92. The number of benzene rings is 2. The number of rotatable bonds is 7. The smallest absolute Gasteiger partial charge is 0.376 e. The number of carbonyl (C=O) groups excluding carboxylic acids is 1. The van der Waals surface area contributed by atoms with Crippen LogP contribution in [0.4, 0.5) is 18.9 Å². The first kappa shape index (κ1) is 21.1. The first-order valence-corrected chi connectivity index (χ1v) is 10.0. The average Bonchev–Trinajstić information content (AvgIpc) is 3.42. The van der Waals surface area contributed by atoms with Crippen LogP contribution >= 0.6 is 0 Å². The minimum Gasteiger partial charge on any atom is -0.376 e. The minimum absolute atomic E-state index is 0.229. The Kier molecular flexibility index (Phi) is 5.82. The highest BCUT2D eigenvalue weighted by Crippen LogP contribution is 2.34. The molecule has 8 heteroatoms. The molecule has 3 aromatic rings. The molecule has 0 unspecified atom stereocenters. The van der Waals surface area contributed by atoms with Crippen LogP contribution < -0.4 is 5.32 Å². The van der Waals surface area contributed by atoms with Crippen molar-refractivity contribution in [3.05, 3.63) is 77.1 Å². The average molecular weight is 429 g/mol. The van der Waals surface area contributed by atoms with Crippen molar-refractivity contribution in [2.24, 2.45) is 5.92 Å². The van der Waals surface area contributed by atoms with E-state index in [9.17, 15) is 18.0 Å². The first-order valence-electron chi connectivity index (χ1n) is 10.0. The number of nitrogens with zero attached hydrogens (tertiary/aromatic N) is 2. The van der Waals surface area contributed by atoms with Crippen LogP contribution in [0.2, 0.25) is 0 Å². The summed E-state index contributed by atoms with van der Waals surface area (Å²) >= 11 is 0. The topological polar surface area (TPSA) is 56.2 Å². The SMILES string of the molecule is Cc1ccc(-n2ncc(C(=O)Nc3cccc(COCC4CC4)c3)c2C(F)(F)F)cc1. The van der Waals surface area contributed by atoms with Crippen molar-refractivity contribution in [3.63, 3.8) is 0 Å². The molecule has 1 aliphatic rings. The number of aromatic nitrogens is 2. The van der Waals surface area contributed by atoms with Crippen LogP contribution in [-0.4, -0.2) is 22.3 Å². The van der Waals surface area contributed by atoms with Crippen molar-refractivity contribution in [3.8, 4) is 5.69 Å². The molecule has 31 heavy (non-hydrogen) atoms. The zero-order chi connectivity index (χ0) is 22.0. The van der Waals surface area contributed by atoms with E-state index in [1.807, 2.05) is 13.0 Å². The molecule has 1 aromatic heterocycles. The van der Waals surface area contributed by atoms with E-state index in [1.165, 1.54) is 25.0 Å². The fourth-order valence-electron chi connectivity index (χ4n) is 3.23. The standard InChI is InChI=1S/C23H22F3N3O2/c1-15-5-9-19(10-6-15)29-21(23(24,25)26)20(12-27-29)22(30)28-18-4-2-3-17(11-18)14-31-13-16-7-8-16/h2-6,9-12,16H,7-8,13-14H2,1H3,(H,28,30). The van der Waals surface area contributed by atoms with Crippen LogP contribution in [0.25, 0.3) is 5.69 Å². The second kappa shape index (κ2) is 8.55. The summed E-state index contributed by atoms with van der Waals surface area (Å²) in [6.07, 6.45) is -1.44. The molecule has 5 nitrogen and oxygen atoms in total. The third-order valence-corrected chi connectivity index (χ3v) is 5.06. The van der Waals surface area contributed by atoms with Gasteiger partial charge in [0.05, 0.1) is 24.1 Å². The molecule has 0 aliphatic heterocycles. The van der Waals surface area contributed by atoms with Gasteiger partial charge in [-0.25, -0.2) is 4.68 Å². The monoisotopic (exact) mass is 429 g/mol. The highest BCUT2D eigenvalue weighted by atomic mass is 19.4. The lowest BCUT2D eigenvalue weighted by Gasteiger charge is -2.13. The van der Waals surface area contributed by atoms with Gasteiger partial charge in [0.2, 0.25) is 0 Å². The molecule has 0 bridgehead atoms. The van der Waals surface area contributed by atoms with Gasteiger partial charge in [-0.05, 0) is 55.5 Å². The van der Waals surface area contributed by atoms with E-state index in [4.69, 9.17) is 4.74 Å². The number of aryl methyl sites for hydroxylation is 1. The number of amides is 1. The van der Waals surface area contributed by atoms with Crippen molar-refractivity contribution < 1.29 is 22.7 Å². The van der Waals surface area contributed by atoms with Gasteiger partial charge in [-0.2, -0.15) is 18.3 Å². The molecular formula is C23H22F3N3O2. The second-order valence-electron chi connectivity index (χ2n) is 7.76. The Hall–Kier alpha value is -3.13. The van der Waals surface area contributed by atoms with Gasteiger partial charge in [0, 0.05) is 12.3 Å². The van der Waals surface area contributed by atoms with Gasteiger partial charge in [0.15, 0.2) is 5.69 Å². The van der Waals surface area contributed by atoms with E-state index >= 15 is 0 Å². The lowest BCUT2D eigenvalue weighted by molar-refractivity contribution is -0.143. The molecule has 0 atom stereocenters. The van der Waals surface area contributed by atoms with Crippen molar-refractivity contribution in [1.82, 2.24) is 9.78 Å². The van der Waals surface area contributed by atoms with Gasteiger partial charge in [0.1, 0.15) is 0 Å². The normalized spacial score (nSPS) is 13.9. The second-order valence-corrected chi connectivity index (χ2v) is 7.76. The molecule has 0 spiro atoms. The molecule has 1 heterocycles. The summed E-state index contributed by atoms with van der Waals surface area (Å²) in [4.78, 5) is 12.7. The van der Waals surface area contributed by atoms with Gasteiger partial charge in [-0.15, -0.1) is 0 Å². The zero-order valence-electron chi connectivity index (χ0n) is 16.9. The minimum atomic E-state index is -4.76. The Bertz CT molecular complexity index is 1070.